The lowest BCUT2D eigenvalue weighted by Gasteiger charge is -2.36. The Morgan fingerprint density at radius 1 is 1.12 bits per heavy atom. The number of pyridine rings is 1. The fraction of sp³-hybridized carbons (Fsp3) is 0.450. The van der Waals surface area contributed by atoms with Crippen LogP contribution in [-0.4, -0.2) is 57.0 Å². The minimum absolute atomic E-state index is 0.343. The smallest absolute Gasteiger partial charge is 0.161 e. The zero-order valence-corrected chi connectivity index (χ0v) is 15.5. The first kappa shape index (κ1) is 18.6. The van der Waals surface area contributed by atoms with Gasteiger partial charge in [0.25, 0.3) is 0 Å². The summed E-state index contributed by atoms with van der Waals surface area (Å²) in [5.74, 6) is 1.51. The lowest BCUT2D eigenvalue weighted by Crippen LogP contribution is -2.45. The molecular weight excluding hydrogens is 330 g/mol. The normalized spacial score (nSPS) is 17.8. The van der Waals surface area contributed by atoms with Gasteiger partial charge in [0.2, 0.25) is 0 Å². The second-order valence-electron chi connectivity index (χ2n) is 6.30. The number of nitrogens with zero attached hydrogens (tertiary/aromatic N) is 2. The number of piperazine rings is 1. The molecule has 140 valence electrons. The molecule has 1 aromatic carbocycles. The maximum absolute atomic E-state index is 5.72. The molecular formula is C20H27N3O3. The minimum Gasteiger partial charge on any atom is -0.493 e. The summed E-state index contributed by atoms with van der Waals surface area (Å²) < 4.78 is 16.3. The Hall–Kier alpha value is -2.15. The molecule has 1 atom stereocenters. The fourth-order valence-electron chi connectivity index (χ4n) is 3.25. The molecule has 1 fully saturated rings. The molecule has 2 heterocycles. The molecule has 6 heteroatoms. The molecule has 1 N–H and O–H groups in total. The zero-order chi connectivity index (χ0) is 18.2. The molecule has 1 aliphatic heterocycles. The number of nitrogens with one attached hydrogen (secondary N) is 1. The number of methoxy groups -OCH3 is 2. The van der Waals surface area contributed by atoms with Gasteiger partial charge in [0.05, 0.1) is 13.7 Å². The molecule has 3 rings (SSSR count). The minimum atomic E-state index is 0.343. The van der Waals surface area contributed by atoms with Crippen LogP contribution in [0.15, 0.2) is 42.7 Å². The van der Waals surface area contributed by atoms with E-state index in [1.54, 1.807) is 14.2 Å². The molecule has 1 saturated heterocycles. The second-order valence-corrected chi connectivity index (χ2v) is 6.30. The molecule has 2 aromatic rings. The van der Waals surface area contributed by atoms with E-state index in [0.29, 0.717) is 19.3 Å². The highest BCUT2D eigenvalue weighted by Gasteiger charge is 2.24. The molecule has 1 aromatic heterocycles. The van der Waals surface area contributed by atoms with Crippen molar-refractivity contribution in [2.24, 2.45) is 0 Å². The van der Waals surface area contributed by atoms with E-state index in [0.717, 1.165) is 37.7 Å². The van der Waals surface area contributed by atoms with Crippen molar-refractivity contribution >= 4 is 0 Å². The Morgan fingerprint density at radius 3 is 2.73 bits per heavy atom. The predicted octanol–water partition coefficient (Wildman–Crippen LogP) is 2.26. The molecule has 0 spiro atoms. The van der Waals surface area contributed by atoms with E-state index in [9.17, 15) is 0 Å². The monoisotopic (exact) mass is 357 g/mol. The van der Waals surface area contributed by atoms with Crippen molar-refractivity contribution in [3.8, 4) is 11.5 Å². The van der Waals surface area contributed by atoms with E-state index in [1.165, 1.54) is 11.1 Å². The summed E-state index contributed by atoms with van der Waals surface area (Å²) in [4.78, 5) is 6.63. The van der Waals surface area contributed by atoms with Gasteiger partial charge in [-0.2, -0.15) is 0 Å². The van der Waals surface area contributed by atoms with Crippen LogP contribution in [0, 0.1) is 0 Å². The van der Waals surface area contributed by atoms with Gasteiger partial charge >= 0.3 is 0 Å². The van der Waals surface area contributed by atoms with Gasteiger partial charge in [-0.05, 0) is 35.4 Å². The quantitative estimate of drug-likeness (QED) is 0.732. The van der Waals surface area contributed by atoms with E-state index in [4.69, 9.17) is 14.2 Å². The Morgan fingerprint density at radius 2 is 1.96 bits per heavy atom. The van der Waals surface area contributed by atoms with Gasteiger partial charge in [-0.3, -0.25) is 9.88 Å². The van der Waals surface area contributed by atoms with E-state index in [-0.39, 0.29) is 0 Å². The Kier molecular flexibility index (Phi) is 6.82. The maximum Gasteiger partial charge on any atom is 0.161 e. The molecule has 0 saturated carbocycles. The molecule has 0 amide bonds. The highest BCUT2D eigenvalue weighted by Crippen LogP contribution is 2.30. The third-order valence-corrected chi connectivity index (χ3v) is 4.60. The summed E-state index contributed by atoms with van der Waals surface area (Å²) in [5.41, 5.74) is 2.50. The van der Waals surface area contributed by atoms with E-state index >= 15 is 0 Å². The van der Waals surface area contributed by atoms with E-state index in [2.05, 4.69) is 39.5 Å². The van der Waals surface area contributed by atoms with Gasteiger partial charge in [0.1, 0.15) is 6.61 Å². The Labute approximate surface area is 155 Å². The zero-order valence-electron chi connectivity index (χ0n) is 15.5. The van der Waals surface area contributed by atoms with Gasteiger partial charge < -0.3 is 19.5 Å². The van der Waals surface area contributed by atoms with Crippen molar-refractivity contribution in [3.05, 3.63) is 53.9 Å². The molecule has 0 radical (unpaired) electrons. The lowest BCUT2D eigenvalue weighted by atomic mass is 10.0. The van der Waals surface area contributed by atoms with Crippen molar-refractivity contribution in [3.63, 3.8) is 0 Å². The van der Waals surface area contributed by atoms with Crippen LogP contribution in [0.4, 0.5) is 0 Å². The number of ether oxygens (including phenoxy) is 3. The van der Waals surface area contributed by atoms with Crippen molar-refractivity contribution in [2.75, 3.05) is 47.1 Å². The van der Waals surface area contributed by atoms with Gasteiger partial charge in [-0.15, -0.1) is 0 Å². The third-order valence-electron chi connectivity index (χ3n) is 4.60. The lowest BCUT2D eigenvalue weighted by molar-refractivity contribution is 0.143. The number of benzene rings is 1. The first-order valence-electron chi connectivity index (χ1n) is 8.95. The van der Waals surface area contributed by atoms with Crippen LogP contribution in [0.3, 0.4) is 0 Å². The van der Waals surface area contributed by atoms with E-state index < -0.39 is 0 Å². The number of aromatic nitrogens is 1. The highest BCUT2D eigenvalue weighted by atomic mass is 16.5. The van der Waals surface area contributed by atoms with Crippen molar-refractivity contribution in [1.29, 1.82) is 0 Å². The maximum atomic E-state index is 5.72. The largest absolute Gasteiger partial charge is 0.493 e. The van der Waals surface area contributed by atoms with Crippen molar-refractivity contribution in [2.45, 2.75) is 12.6 Å². The fourth-order valence-corrected chi connectivity index (χ4v) is 3.25. The Bertz CT molecular complexity index is 681. The van der Waals surface area contributed by atoms with Crippen molar-refractivity contribution < 1.29 is 14.2 Å². The number of hydrogen-bond acceptors (Lipinski definition) is 6. The van der Waals surface area contributed by atoms with Crippen LogP contribution in [0.25, 0.3) is 0 Å². The van der Waals surface area contributed by atoms with Crippen LogP contribution in [0.5, 0.6) is 11.5 Å². The third kappa shape index (κ3) is 4.72. The summed E-state index contributed by atoms with van der Waals surface area (Å²) in [6, 6.07) is 10.7. The average Bonchev–Trinajstić information content (AvgIpc) is 2.70. The average molecular weight is 357 g/mol. The van der Waals surface area contributed by atoms with Crippen molar-refractivity contribution in [1.82, 2.24) is 15.2 Å². The van der Waals surface area contributed by atoms with Crippen LogP contribution in [0.1, 0.15) is 17.2 Å². The molecule has 1 aliphatic rings. The second kappa shape index (κ2) is 9.52. The standard InChI is InChI=1S/C20H27N3O3/c1-24-11-12-26-19-4-3-16(13-20(19)25-2)15-23-10-9-22-14-18(23)17-5-7-21-8-6-17/h3-8,13,18,22H,9-12,14-15H2,1-2H3. The topological polar surface area (TPSA) is 55.9 Å². The summed E-state index contributed by atoms with van der Waals surface area (Å²) in [6.45, 7) is 4.87. The number of hydrogen-bond donors (Lipinski definition) is 1. The first-order chi connectivity index (χ1) is 12.8. The van der Waals surface area contributed by atoms with E-state index in [1.807, 2.05) is 18.5 Å². The first-order valence-corrected chi connectivity index (χ1v) is 8.95. The molecule has 1 unspecified atom stereocenters. The van der Waals surface area contributed by atoms with Crippen LogP contribution >= 0.6 is 0 Å². The summed E-state index contributed by atoms with van der Waals surface area (Å²) in [5, 5.41) is 3.49. The molecule has 0 bridgehead atoms. The summed E-state index contributed by atoms with van der Waals surface area (Å²) in [7, 11) is 3.34. The molecule has 0 aliphatic carbocycles. The van der Waals surface area contributed by atoms with Crippen LogP contribution in [-0.2, 0) is 11.3 Å². The molecule has 6 nitrogen and oxygen atoms in total. The SMILES string of the molecule is COCCOc1ccc(CN2CCNCC2c2ccncc2)cc1OC. The van der Waals surface area contributed by atoms with Crippen LogP contribution < -0.4 is 14.8 Å². The van der Waals surface area contributed by atoms with Crippen LogP contribution in [0.2, 0.25) is 0 Å². The predicted molar refractivity (Wildman–Crippen MR) is 101 cm³/mol. The highest BCUT2D eigenvalue weighted by molar-refractivity contribution is 5.43. The van der Waals surface area contributed by atoms with Gasteiger partial charge in [-0.1, -0.05) is 6.07 Å². The summed E-state index contributed by atoms with van der Waals surface area (Å²) >= 11 is 0. The molecule has 26 heavy (non-hydrogen) atoms. The van der Waals surface area contributed by atoms with Gasteiger partial charge in [0.15, 0.2) is 11.5 Å². The van der Waals surface area contributed by atoms with Gasteiger partial charge in [-0.25, -0.2) is 0 Å². The number of rotatable bonds is 8. The van der Waals surface area contributed by atoms with Gasteiger partial charge in [0, 0.05) is 51.7 Å². The Balaban J connectivity index is 1.72. The summed E-state index contributed by atoms with van der Waals surface area (Å²) in [6.07, 6.45) is 3.72.